The molecule has 1 aromatic rings. The molecule has 6 heteroatoms. The second-order valence-electron chi connectivity index (χ2n) is 3.67. The van der Waals surface area contributed by atoms with Crippen LogP contribution in [0.25, 0.3) is 0 Å². The lowest BCUT2D eigenvalue weighted by Gasteiger charge is -2.18. The molecule has 1 atom stereocenters. The Hall–Kier alpha value is -0.0100. The van der Waals surface area contributed by atoms with Gasteiger partial charge in [0.15, 0.2) is 0 Å². The summed E-state index contributed by atoms with van der Waals surface area (Å²) < 4.78 is 37.4. The van der Waals surface area contributed by atoms with Crippen LogP contribution in [0.1, 0.15) is 24.4 Å². The van der Waals surface area contributed by atoms with Crippen LogP contribution in [0.3, 0.4) is 0 Å². The van der Waals surface area contributed by atoms with E-state index in [-0.39, 0.29) is 12.5 Å². The van der Waals surface area contributed by atoms with Crippen LogP contribution in [0.4, 0.5) is 13.2 Å². The molecule has 0 saturated heterocycles. The number of halogens is 5. The zero-order chi connectivity index (χ0) is 13.1. The van der Waals surface area contributed by atoms with E-state index in [0.29, 0.717) is 5.02 Å². The third-order valence-corrected chi connectivity index (χ3v) is 3.98. The fourth-order valence-electron chi connectivity index (χ4n) is 1.51. The predicted molar refractivity (Wildman–Crippen MR) is 71.3 cm³/mol. The largest absolute Gasteiger partial charge is 0.389 e. The maximum atomic E-state index is 12.2. The second-order valence-corrected chi connectivity index (χ2v) is 5.24. The van der Waals surface area contributed by atoms with Gasteiger partial charge < -0.3 is 5.32 Å². The average Bonchev–Trinajstić information content (AvgIpc) is 2.22. The first kappa shape index (κ1) is 15.0. The van der Waals surface area contributed by atoms with Crippen molar-refractivity contribution >= 4 is 34.2 Å². The van der Waals surface area contributed by atoms with Gasteiger partial charge in [-0.05, 0) is 53.8 Å². The smallest absolute Gasteiger partial charge is 0.313 e. The molecule has 96 valence electrons. The van der Waals surface area contributed by atoms with Crippen molar-refractivity contribution in [1.29, 1.82) is 0 Å². The van der Waals surface area contributed by atoms with Crippen molar-refractivity contribution < 1.29 is 13.2 Å². The molecule has 1 N–H and O–H groups in total. The number of hydrogen-bond donors (Lipinski definition) is 1. The lowest BCUT2D eigenvalue weighted by atomic mass is 10.0. The van der Waals surface area contributed by atoms with E-state index < -0.39 is 12.6 Å². The molecule has 0 fully saturated rings. The van der Waals surface area contributed by atoms with Crippen LogP contribution in [0.2, 0.25) is 5.02 Å². The first-order chi connectivity index (χ1) is 7.83. The topological polar surface area (TPSA) is 12.0 Å². The van der Waals surface area contributed by atoms with E-state index in [1.807, 2.05) is 0 Å². The van der Waals surface area contributed by atoms with Crippen LogP contribution in [0, 0.1) is 3.57 Å². The SMILES string of the molecule is CNC(CCC(F)(F)F)c1ccc(I)c(Cl)c1. The van der Waals surface area contributed by atoms with E-state index in [1.165, 1.54) is 0 Å². The number of hydrogen-bond acceptors (Lipinski definition) is 1. The van der Waals surface area contributed by atoms with Gasteiger partial charge in [0.2, 0.25) is 0 Å². The third kappa shape index (κ3) is 5.01. The number of rotatable bonds is 4. The summed E-state index contributed by atoms with van der Waals surface area (Å²) in [5.41, 5.74) is 0.780. The molecule has 0 aromatic heterocycles. The lowest BCUT2D eigenvalue weighted by Crippen LogP contribution is -2.19. The van der Waals surface area contributed by atoms with Gasteiger partial charge in [0, 0.05) is 16.0 Å². The molecule has 1 nitrogen and oxygen atoms in total. The number of benzene rings is 1. The van der Waals surface area contributed by atoms with Crippen molar-refractivity contribution in [2.24, 2.45) is 0 Å². The standard InChI is InChI=1S/C11H12ClF3IN/c1-17-10(4-5-11(13,14)15)7-2-3-9(16)8(12)6-7/h2-3,6,10,17H,4-5H2,1H3. The molecule has 0 saturated carbocycles. The highest BCUT2D eigenvalue weighted by atomic mass is 127. The van der Waals surface area contributed by atoms with Crippen molar-refractivity contribution in [3.8, 4) is 0 Å². The maximum Gasteiger partial charge on any atom is 0.389 e. The van der Waals surface area contributed by atoms with Crippen molar-refractivity contribution in [3.63, 3.8) is 0 Å². The second kappa shape index (κ2) is 6.24. The van der Waals surface area contributed by atoms with Crippen LogP contribution in [-0.4, -0.2) is 13.2 Å². The van der Waals surface area contributed by atoms with Crippen LogP contribution < -0.4 is 5.32 Å². The van der Waals surface area contributed by atoms with Crippen LogP contribution in [-0.2, 0) is 0 Å². The Bertz CT molecular complexity index is 381. The first-order valence-corrected chi connectivity index (χ1v) is 6.48. The Balaban J connectivity index is 2.76. The Morgan fingerprint density at radius 1 is 1.41 bits per heavy atom. The van der Waals surface area contributed by atoms with Gasteiger partial charge in [0.25, 0.3) is 0 Å². The van der Waals surface area contributed by atoms with Gasteiger partial charge in [0.1, 0.15) is 0 Å². The summed E-state index contributed by atoms with van der Waals surface area (Å²) >= 11 is 8.03. The predicted octanol–water partition coefficient (Wildman–Crippen LogP) is 4.55. The lowest BCUT2D eigenvalue weighted by molar-refractivity contribution is -0.136. The monoisotopic (exact) mass is 377 g/mol. The molecule has 0 bridgehead atoms. The molecule has 0 aliphatic rings. The van der Waals surface area contributed by atoms with E-state index in [0.717, 1.165) is 9.13 Å². The molecule has 1 rings (SSSR count). The van der Waals surface area contributed by atoms with Gasteiger partial charge in [-0.1, -0.05) is 17.7 Å². The van der Waals surface area contributed by atoms with E-state index in [2.05, 4.69) is 27.9 Å². The molecule has 0 aliphatic heterocycles. The molecule has 0 radical (unpaired) electrons. The minimum atomic E-state index is -4.12. The summed E-state index contributed by atoms with van der Waals surface area (Å²) in [6.45, 7) is 0. The summed E-state index contributed by atoms with van der Waals surface area (Å²) in [6, 6.07) is 4.98. The molecular weight excluding hydrogens is 365 g/mol. The highest BCUT2D eigenvalue weighted by Crippen LogP contribution is 2.29. The Kier molecular flexibility index (Phi) is 5.53. The normalized spacial score (nSPS) is 13.8. The van der Waals surface area contributed by atoms with Crippen molar-refractivity contribution in [2.45, 2.75) is 25.1 Å². The van der Waals surface area contributed by atoms with Gasteiger partial charge in [-0.3, -0.25) is 0 Å². The van der Waals surface area contributed by atoms with Crippen molar-refractivity contribution in [3.05, 3.63) is 32.4 Å². The minimum absolute atomic E-state index is 0.0108. The zero-order valence-electron chi connectivity index (χ0n) is 9.11. The molecule has 1 unspecified atom stereocenters. The Labute approximate surface area is 117 Å². The zero-order valence-corrected chi connectivity index (χ0v) is 12.0. The highest BCUT2D eigenvalue weighted by Gasteiger charge is 2.28. The molecule has 17 heavy (non-hydrogen) atoms. The van der Waals surface area contributed by atoms with E-state index in [9.17, 15) is 13.2 Å². The summed E-state index contributed by atoms with van der Waals surface area (Å²) in [7, 11) is 1.65. The first-order valence-electron chi connectivity index (χ1n) is 5.02. The fraction of sp³-hybridized carbons (Fsp3) is 0.455. The minimum Gasteiger partial charge on any atom is -0.313 e. The number of alkyl halides is 3. The summed E-state index contributed by atoms with van der Waals surface area (Å²) in [5.74, 6) is 0. The maximum absolute atomic E-state index is 12.2. The van der Waals surface area contributed by atoms with Crippen LogP contribution >= 0.6 is 34.2 Å². The quantitative estimate of drug-likeness (QED) is 0.759. The van der Waals surface area contributed by atoms with Gasteiger partial charge in [-0.25, -0.2) is 0 Å². The summed E-state index contributed by atoms with van der Waals surface area (Å²) in [4.78, 5) is 0. The highest BCUT2D eigenvalue weighted by molar-refractivity contribution is 14.1. The molecule has 0 spiro atoms. The van der Waals surface area contributed by atoms with Crippen LogP contribution in [0.15, 0.2) is 18.2 Å². The molecule has 0 amide bonds. The van der Waals surface area contributed by atoms with Crippen molar-refractivity contribution in [1.82, 2.24) is 5.32 Å². The summed E-state index contributed by atoms with van der Waals surface area (Å²) in [6.07, 6.45) is -4.92. The molecule has 0 heterocycles. The Morgan fingerprint density at radius 2 is 2.06 bits per heavy atom. The van der Waals surface area contributed by atoms with Crippen molar-refractivity contribution in [2.75, 3.05) is 7.05 Å². The number of nitrogens with one attached hydrogen (secondary N) is 1. The third-order valence-electron chi connectivity index (χ3n) is 2.41. The van der Waals surface area contributed by atoms with Gasteiger partial charge in [-0.15, -0.1) is 0 Å². The average molecular weight is 378 g/mol. The fourth-order valence-corrected chi connectivity index (χ4v) is 2.04. The van der Waals surface area contributed by atoms with E-state index >= 15 is 0 Å². The molecular formula is C11H12ClF3IN. The van der Waals surface area contributed by atoms with E-state index in [1.54, 1.807) is 25.2 Å². The summed E-state index contributed by atoms with van der Waals surface area (Å²) in [5, 5.41) is 3.44. The molecule has 0 aliphatic carbocycles. The Morgan fingerprint density at radius 3 is 2.53 bits per heavy atom. The van der Waals surface area contributed by atoms with E-state index in [4.69, 9.17) is 11.6 Å². The van der Waals surface area contributed by atoms with Gasteiger partial charge in [-0.2, -0.15) is 13.2 Å². The van der Waals surface area contributed by atoms with Crippen LogP contribution in [0.5, 0.6) is 0 Å². The molecule has 1 aromatic carbocycles. The van der Waals surface area contributed by atoms with Gasteiger partial charge in [0.05, 0.1) is 5.02 Å². The van der Waals surface area contributed by atoms with Gasteiger partial charge >= 0.3 is 6.18 Å².